The molecule has 130 valence electrons. The van der Waals surface area contributed by atoms with Crippen LogP contribution in [0.5, 0.6) is 0 Å². The van der Waals surface area contributed by atoms with Gasteiger partial charge in [0.05, 0.1) is 0 Å². The summed E-state index contributed by atoms with van der Waals surface area (Å²) in [6, 6.07) is 3.75. The number of methoxy groups -OCH3 is 1. The summed E-state index contributed by atoms with van der Waals surface area (Å²) in [5.41, 5.74) is 1.44. The lowest BCUT2D eigenvalue weighted by Crippen LogP contribution is -2.46. The average Bonchev–Trinajstić information content (AvgIpc) is 2.50. The van der Waals surface area contributed by atoms with E-state index in [1.807, 2.05) is 6.07 Å². The molecule has 23 heavy (non-hydrogen) atoms. The standard InChI is InChI=1S/C16H25ClN4O.HI/c1-18-15(20-11-13-4-5-14(17)19-10-13)21-12-16(6-3-7-16)8-9-22-2;/h4-5,10H,3,6-9,11-12H2,1-2H3,(H2,18,20,21);1H. The number of rotatable bonds is 7. The molecule has 7 heteroatoms. The van der Waals surface area contributed by atoms with Crippen LogP contribution in [0.25, 0.3) is 0 Å². The van der Waals surface area contributed by atoms with Gasteiger partial charge in [0.15, 0.2) is 5.96 Å². The number of aromatic nitrogens is 1. The first-order chi connectivity index (χ1) is 10.7. The van der Waals surface area contributed by atoms with E-state index in [1.165, 1.54) is 19.3 Å². The summed E-state index contributed by atoms with van der Waals surface area (Å²) in [6.45, 7) is 2.44. The topological polar surface area (TPSA) is 58.5 Å². The van der Waals surface area contributed by atoms with Crippen molar-refractivity contribution in [3.63, 3.8) is 0 Å². The minimum absolute atomic E-state index is 0. The molecule has 5 nitrogen and oxygen atoms in total. The fourth-order valence-electron chi connectivity index (χ4n) is 2.70. The Bertz CT molecular complexity index is 491. The molecule has 1 aliphatic rings. The SMILES string of the molecule is CN=C(NCc1ccc(Cl)nc1)NCC1(CCOC)CCC1.I. The lowest BCUT2D eigenvalue weighted by atomic mass is 9.67. The van der Waals surface area contributed by atoms with Crippen LogP contribution in [-0.4, -0.2) is 38.3 Å². The fourth-order valence-corrected chi connectivity index (χ4v) is 2.81. The molecule has 1 aliphatic carbocycles. The zero-order chi connectivity index (χ0) is 15.8. The average molecular weight is 453 g/mol. The first kappa shape index (κ1) is 20.4. The van der Waals surface area contributed by atoms with E-state index in [-0.39, 0.29) is 24.0 Å². The van der Waals surface area contributed by atoms with E-state index in [2.05, 4.69) is 20.6 Å². The van der Waals surface area contributed by atoms with Gasteiger partial charge in [0, 0.05) is 40.1 Å². The third-order valence-electron chi connectivity index (χ3n) is 4.35. The first-order valence-electron chi connectivity index (χ1n) is 7.71. The van der Waals surface area contributed by atoms with Gasteiger partial charge in [-0.2, -0.15) is 0 Å². The van der Waals surface area contributed by atoms with Crippen molar-refractivity contribution in [3.05, 3.63) is 29.0 Å². The number of ether oxygens (including phenoxy) is 1. The van der Waals surface area contributed by atoms with Crippen LogP contribution in [0.3, 0.4) is 0 Å². The molecule has 0 bridgehead atoms. The largest absolute Gasteiger partial charge is 0.385 e. The Kier molecular flexibility index (Phi) is 9.16. The van der Waals surface area contributed by atoms with Crippen molar-refractivity contribution in [1.82, 2.24) is 15.6 Å². The predicted molar refractivity (Wildman–Crippen MR) is 106 cm³/mol. The van der Waals surface area contributed by atoms with Crippen LogP contribution in [-0.2, 0) is 11.3 Å². The number of nitrogens with one attached hydrogen (secondary N) is 2. The molecule has 2 rings (SSSR count). The van der Waals surface area contributed by atoms with Crippen LogP contribution >= 0.6 is 35.6 Å². The molecular weight excluding hydrogens is 427 g/mol. The molecule has 1 aromatic rings. The van der Waals surface area contributed by atoms with Gasteiger partial charge in [-0.15, -0.1) is 24.0 Å². The second kappa shape index (κ2) is 10.3. The minimum atomic E-state index is 0. The van der Waals surface area contributed by atoms with E-state index in [9.17, 15) is 0 Å². The Morgan fingerprint density at radius 3 is 2.70 bits per heavy atom. The third-order valence-corrected chi connectivity index (χ3v) is 4.58. The quantitative estimate of drug-likeness (QED) is 0.289. The number of halogens is 2. The highest BCUT2D eigenvalue weighted by atomic mass is 127. The van der Waals surface area contributed by atoms with Crippen molar-refractivity contribution >= 4 is 41.5 Å². The summed E-state index contributed by atoms with van der Waals surface area (Å²) >= 11 is 5.79. The van der Waals surface area contributed by atoms with Crippen molar-refractivity contribution in [1.29, 1.82) is 0 Å². The second-order valence-electron chi connectivity index (χ2n) is 5.86. The van der Waals surface area contributed by atoms with Gasteiger partial charge in [0.2, 0.25) is 0 Å². The fraction of sp³-hybridized carbons (Fsp3) is 0.625. The van der Waals surface area contributed by atoms with E-state index in [0.717, 1.165) is 31.1 Å². The Balaban J connectivity index is 0.00000264. The first-order valence-corrected chi connectivity index (χ1v) is 8.09. The normalized spacial score (nSPS) is 16.2. The van der Waals surface area contributed by atoms with Gasteiger partial charge in [0.25, 0.3) is 0 Å². The monoisotopic (exact) mass is 452 g/mol. The van der Waals surface area contributed by atoms with Crippen LogP contribution in [0.2, 0.25) is 5.15 Å². The molecule has 0 aliphatic heterocycles. The third kappa shape index (κ3) is 6.43. The van der Waals surface area contributed by atoms with Gasteiger partial charge in [0.1, 0.15) is 5.15 Å². The van der Waals surface area contributed by atoms with Gasteiger partial charge in [-0.05, 0) is 36.3 Å². The van der Waals surface area contributed by atoms with Crippen LogP contribution in [0.1, 0.15) is 31.2 Å². The minimum Gasteiger partial charge on any atom is -0.385 e. The van der Waals surface area contributed by atoms with Crippen LogP contribution in [0.15, 0.2) is 23.3 Å². The Labute approximate surface area is 160 Å². The molecular formula is C16H26ClIN4O. The summed E-state index contributed by atoms with van der Waals surface area (Å²) in [7, 11) is 3.55. The van der Waals surface area contributed by atoms with E-state index in [1.54, 1.807) is 26.4 Å². The predicted octanol–water partition coefficient (Wildman–Crippen LogP) is 3.22. The second-order valence-corrected chi connectivity index (χ2v) is 6.25. The highest BCUT2D eigenvalue weighted by Crippen LogP contribution is 2.43. The summed E-state index contributed by atoms with van der Waals surface area (Å²) in [4.78, 5) is 8.35. The van der Waals surface area contributed by atoms with Crippen LogP contribution in [0, 0.1) is 5.41 Å². The summed E-state index contributed by atoms with van der Waals surface area (Å²) in [5, 5.41) is 7.26. The molecule has 0 unspecified atom stereocenters. The molecule has 1 fully saturated rings. The van der Waals surface area contributed by atoms with E-state index in [0.29, 0.717) is 17.1 Å². The van der Waals surface area contributed by atoms with Gasteiger partial charge in [-0.25, -0.2) is 4.98 Å². The Morgan fingerprint density at radius 1 is 1.39 bits per heavy atom. The molecule has 0 atom stereocenters. The number of guanidine groups is 1. The molecule has 0 amide bonds. The maximum atomic E-state index is 5.79. The van der Waals surface area contributed by atoms with E-state index in [4.69, 9.17) is 16.3 Å². The number of aliphatic imine (C=N–C) groups is 1. The van der Waals surface area contributed by atoms with Crippen LogP contribution in [0.4, 0.5) is 0 Å². The van der Waals surface area contributed by atoms with E-state index < -0.39 is 0 Å². The lowest BCUT2D eigenvalue weighted by molar-refractivity contribution is 0.0732. The maximum Gasteiger partial charge on any atom is 0.191 e. The molecule has 0 aromatic carbocycles. The number of nitrogens with zero attached hydrogens (tertiary/aromatic N) is 2. The summed E-state index contributed by atoms with van der Waals surface area (Å²) in [5.74, 6) is 0.818. The lowest BCUT2D eigenvalue weighted by Gasteiger charge is -2.42. The Morgan fingerprint density at radius 2 is 2.17 bits per heavy atom. The van der Waals surface area contributed by atoms with Crippen LogP contribution < -0.4 is 10.6 Å². The molecule has 1 saturated carbocycles. The zero-order valence-corrected chi connectivity index (χ0v) is 16.9. The molecule has 0 spiro atoms. The molecule has 0 radical (unpaired) electrons. The molecule has 1 aromatic heterocycles. The zero-order valence-electron chi connectivity index (χ0n) is 13.8. The smallest absolute Gasteiger partial charge is 0.191 e. The number of pyridine rings is 1. The van der Waals surface area contributed by atoms with Gasteiger partial charge in [-0.3, -0.25) is 4.99 Å². The van der Waals surface area contributed by atoms with Crippen molar-refractivity contribution in [2.75, 3.05) is 27.3 Å². The van der Waals surface area contributed by atoms with Crippen molar-refractivity contribution in [2.24, 2.45) is 10.4 Å². The van der Waals surface area contributed by atoms with Crippen molar-refractivity contribution in [3.8, 4) is 0 Å². The molecule has 2 N–H and O–H groups in total. The highest BCUT2D eigenvalue weighted by molar-refractivity contribution is 14.0. The van der Waals surface area contributed by atoms with Gasteiger partial charge in [-0.1, -0.05) is 24.1 Å². The maximum absolute atomic E-state index is 5.79. The van der Waals surface area contributed by atoms with Crippen molar-refractivity contribution < 1.29 is 4.74 Å². The molecule has 1 heterocycles. The number of hydrogen-bond acceptors (Lipinski definition) is 3. The summed E-state index contributed by atoms with van der Waals surface area (Å²) < 4.78 is 5.23. The van der Waals surface area contributed by atoms with Gasteiger partial charge >= 0.3 is 0 Å². The van der Waals surface area contributed by atoms with Gasteiger partial charge < -0.3 is 15.4 Å². The van der Waals surface area contributed by atoms with Crippen molar-refractivity contribution in [2.45, 2.75) is 32.2 Å². The molecule has 0 saturated heterocycles. The highest BCUT2D eigenvalue weighted by Gasteiger charge is 2.36. The summed E-state index contributed by atoms with van der Waals surface area (Å²) in [6.07, 6.45) is 6.72. The Hall–Kier alpha value is -0.600. The number of hydrogen-bond donors (Lipinski definition) is 2. The van der Waals surface area contributed by atoms with E-state index >= 15 is 0 Å².